The molecule has 106 valence electrons. The molecule has 1 aliphatic rings. The van der Waals surface area contributed by atoms with Crippen LogP contribution in [0.25, 0.3) is 0 Å². The van der Waals surface area contributed by atoms with Crippen molar-refractivity contribution in [1.82, 2.24) is 5.32 Å². The Morgan fingerprint density at radius 1 is 1.37 bits per heavy atom. The Bertz CT molecular complexity index is 410. The van der Waals surface area contributed by atoms with Gasteiger partial charge >= 0.3 is 11.9 Å². The van der Waals surface area contributed by atoms with E-state index in [0.717, 1.165) is 0 Å². The highest BCUT2D eigenvalue weighted by Crippen LogP contribution is 2.43. The predicted molar refractivity (Wildman–Crippen MR) is 62.1 cm³/mol. The fourth-order valence-electron chi connectivity index (χ4n) is 1.85. The van der Waals surface area contributed by atoms with Gasteiger partial charge in [0.1, 0.15) is 6.29 Å². The van der Waals surface area contributed by atoms with Crippen LogP contribution in [0.4, 0.5) is 0 Å². The average Bonchev–Trinajstić information content (AvgIpc) is 2.95. The van der Waals surface area contributed by atoms with Crippen LogP contribution in [0.5, 0.6) is 0 Å². The first-order valence-electron chi connectivity index (χ1n) is 5.78. The summed E-state index contributed by atoms with van der Waals surface area (Å²) in [6.45, 7) is 0. The van der Waals surface area contributed by atoms with Crippen molar-refractivity contribution in [2.75, 3.05) is 0 Å². The molecule has 1 amide bonds. The van der Waals surface area contributed by atoms with Crippen LogP contribution in [-0.2, 0) is 19.2 Å². The minimum atomic E-state index is -1.26. The van der Waals surface area contributed by atoms with Gasteiger partial charge in [-0.25, -0.2) is 0 Å². The number of nitrogens with two attached hydrogens (primary N) is 1. The van der Waals surface area contributed by atoms with E-state index in [1.165, 1.54) is 0 Å². The fourth-order valence-corrected chi connectivity index (χ4v) is 1.85. The number of aldehydes is 1. The molecule has 0 heterocycles. The minimum Gasteiger partial charge on any atom is -0.481 e. The zero-order valence-corrected chi connectivity index (χ0v) is 10.2. The number of carbonyl (C=O) groups is 4. The number of hydrogen-bond donors (Lipinski definition) is 4. The zero-order chi connectivity index (χ0) is 14.6. The monoisotopic (exact) mass is 272 g/mol. The van der Waals surface area contributed by atoms with E-state index in [1.54, 1.807) is 0 Å². The third-order valence-electron chi connectivity index (χ3n) is 3.15. The normalized spacial score (nSPS) is 26.3. The van der Waals surface area contributed by atoms with E-state index < -0.39 is 35.3 Å². The van der Waals surface area contributed by atoms with Gasteiger partial charge in [-0.2, -0.15) is 0 Å². The molecule has 0 aromatic carbocycles. The van der Waals surface area contributed by atoms with Gasteiger partial charge in [0, 0.05) is 6.42 Å². The first kappa shape index (κ1) is 15.1. The molecule has 2 unspecified atom stereocenters. The molecule has 1 rings (SSSR count). The molecular weight excluding hydrogens is 256 g/mol. The number of carboxylic acids is 2. The topological polar surface area (TPSA) is 147 Å². The Labute approximate surface area is 109 Å². The van der Waals surface area contributed by atoms with Crippen molar-refractivity contribution >= 4 is 24.1 Å². The highest BCUT2D eigenvalue weighted by atomic mass is 16.4. The van der Waals surface area contributed by atoms with E-state index in [0.29, 0.717) is 6.29 Å². The summed E-state index contributed by atoms with van der Waals surface area (Å²) >= 11 is 0. The molecule has 0 bridgehead atoms. The van der Waals surface area contributed by atoms with E-state index >= 15 is 0 Å². The first-order chi connectivity index (χ1) is 8.79. The van der Waals surface area contributed by atoms with Crippen LogP contribution in [0, 0.1) is 5.92 Å². The SMILES string of the molecule is NC1(C(=O)N[C@@H](C=O)CCC(=O)O)CC1CC(=O)O. The minimum absolute atomic E-state index is 0.0236. The summed E-state index contributed by atoms with van der Waals surface area (Å²) in [6.07, 6.45) is 0.212. The van der Waals surface area contributed by atoms with Crippen molar-refractivity contribution in [1.29, 1.82) is 0 Å². The molecule has 8 nitrogen and oxygen atoms in total. The van der Waals surface area contributed by atoms with Gasteiger partial charge in [-0.1, -0.05) is 0 Å². The molecule has 0 aromatic rings. The summed E-state index contributed by atoms with van der Waals surface area (Å²) in [5, 5.41) is 19.4. The Morgan fingerprint density at radius 2 is 2.00 bits per heavy atom. The number of amides is 1. The number of hydrogen-bond acceptors (Lipinski definition) is 5. The van der Waals surface area contributed by atoms with Crippen molar-refractivity contribution in [3.05, 3.63) is 0 Å². The fraction of sp³-hybridized carbons (Fsp3) is 0.636. The number of carbonyl (C=O) groups excluding carboxylic acids is 2. The smallest absolute Gasteiger partial charge is 0.303 e. The van der Waals surface area contributed by atoms with E-state index in [4.69, 9.17) is 15.9 Å². The molecule has 3 atom stereocenters. The lowest BCUT2D eigenvalue weighted by Gasteiger charge is -2.16. The quantitative estimate of drug-likeness (QED) is 0.402. The van der Waals surface area contributed by atoms with Crippen LogP contribution >= 0.6 is 0 Å². The third kappa shape index (κ3) is 4.02. The Kier molecular flexibility index (Phi) is 4.60. The summed E-state index contributed by atoms with van der Waals surface area (Å²) in [5.74, 6) is -3.17. The molecule has 1 saturated carbocycles. The molecule has 0 saturated heterocycles. The maximum atomic E-state index is 11.8. The van der Waals surface area contributed by atoms with Crippen molar-refractivity contribution in [2.45, 2.75) is 37.3 Å². The molecule has 19 heavy (non-hydrogen) atoms. The lowest BCUT2D eigenvalue weighted by Crippen LogP contribution is -2.49. The van der Waals surface area contributed by atoms with Crippen LogP contribution in [-0.4, -0.2) is 45.9 Å². The van der Waals surface area contributed by atoms with E-state index in [9.17, 15) is 19.2 Å². The predicted octanol–water partition coefficient (Wildman–Crippen LogP) is -1.27. The number of carboxylic acid groups (broad SMARTS) is 2. The van der Waals surface area contributed by atoms with Gasteiger partial charge < -0.3 is 26.1 Å². The summed E-state index contributed by atoms with van der Waals surface area (Å²) in [4.78, 5) is 43.4. The van der Waals surface area contributed by atoms with Gasteiger partial charge in [0.25, 0.3) is 0 Å². The Morgan fingerprint density at radius 3 is 2.47 bits per heavy atom. The lowest BCUT2D eigenvalue weighted by atomic mass is 10.1. The van der Waals surface area contributed by atoms with Crippen LogP contribution in [0.1, 0.15) is 25.7 Å². The van der Waals surface area contributed by atoms with Crippen LogP contribution in [0.2, 0.25) is 0 Å². The van der Waals surface area contributed by atoms with Crippen molar-refractivity contribution in [3.8, 4) is 0 Å². The third-order valence-corrected chi connectivity index (χ3v) is 3.15. The van der Waals surface area contributed by atoms with Crippen molar-refractivity contribution in [2.24, 2.45) is 11.7 Å². The second-order valence-electron chi connectivity index (χ2n) is 4.69. The van der Waals surface area contributed by atoms with Gasteiger partial charge in [-0.15, -0.1) is 0 Å². The molecule has 0 aromatic heterocycles. The molecular formula is C11H16N2O6. The second kappa shape index (κ2) is 5.79. The molecule has 0 radical (unpaired) electrons. The van der Waals surface area contributed by atoms with Gasteiger partial charge in [-0.3, -0.25) is 14.4 Å². The summed E-state index contributed by atoms with van der Waals surface area (Å²) < 4.78 is 0. The molecule has 1 aliphatic carbocycles. The van der Waals surface area contributed by atoms with Crippen LogP contribution in [0.3, 0.4) is 0 Å². The molecule has 0 aliphatic heterocycles. The largest absolute Gasteiger partial charge is 0.481 e. The number of rotatable bonds is 8. The lowest BCUT2D eigenvalue weighted by molar-refractivity contribution is -0.139. The van der Waals surface area contributed by atoms with Crippen LogP contribution < -0.4 is 11.1 Å². The van der Waals surface area contributed by atoms with Crippen molar-refractivity contribution < 1.29 is 29.4 Å². The maximum Gasteiger partial charge on any atom is 0.303 e. The molecule has 5 N–H and O–H groups in total. The maximum absolute atomic E-state index is 11.8. The summed E-state index contributed by atoms with van der Waals surface area (Å²) in [5.41, 5.74) is 4.47. The standard InChI is InChI=1S/C11H16N2O6/c12-11(4-6(11)3-9(17)18)10(19)13-7(5-14)1-2-8(15)16/h5-7H,1-4,12H2,(H,13,19)(H,15,16)(H,17,18)/t6?,7-,11?/m1/s1. The summed E-state index contributed by atoms with van der Waals surface area (Å²) in [6, 6.07) is -0.921. The van der Waals surface area contributed by atoms with Gasteiger partial charge in [0.15, 0.2) is 0 Å². The molecule has 8 heteroatoms. The van der Waals surface area contributed by atoms with E-state index in [-0.39, 0.29) is 25.7 Å². The van der Waals surface area contributed by atoms with E-state index in [1.807, 2.05) is 0 Å². The summed E-state index contributed by atoms with van der Waals surface area (Å²) in [7, 11) is 0. The van der Waals surface area contributed by atoms with Gasteiger partial charge in [-0.05, 0) is 18.8 Å². The van der Waals surface area contributed by atoms with Crippen LogP contribution in [0.15, 0.2) is 0 Å². The highest BCUT2D eigenvalue weighted by Gasteiger charge is 2.57. The first-order valence-corrected chi connectivity index (χ1v) is 5.78. The highest BCUT2D eigenvalue weighted by molar-refractivity contribution is 5.92. The molecule has 1 fully saturated rings. The van der Waals surface area contributed by atoms with Gasteiger partial charge in [0.05, 0.1) is 18.0 Å². The molecule has 0 spiro atoms. The second-order valence-corrected chi connectivity index (χ2v) is 4.69. The van der Waals surface area contributed by atoms with Crippen molar-refractivity contribution in [3.63, 3.8) is 0 Å². The van der Waals surface area contributed by atoms with Gasteiger partial charge in [0.2, 0.25) is 5.91 Å². The Balaban J connectivity index is 2.47. The van der Waals surface area contributed by atoms with E-state index in [2.05, 4.69) is 5.32 Å². The number of aliphatic carboxylic acids is 2. The Hall–Kier alpha value is -1.96. The number of nitrogens with one attached hydrogen (secondary N) is 1. The zero-order valence-electron chi connectivity index (χ0n) is 10.2. The average molecular weight is 272 g/mol.